The van der Waals surface area contributed by atoms with E-state index in [0.717, 1.165) is 23.8 Å². The highest BCUT2D eigenvalue weighted by Gasteiger charge is 2.40. The van der Waals surface area contributed by atoms with Crippen molar-refractivity contribution in [2.45, 2.75) is 52.9 Å². The molecule has 34 heavy (non-hydrogen) atoms. The molecule has 4 heteroatoms. The minimum absolute atomic E-state index is 0.142. The first kappa shape index (κ1) is 24.5. The largest absolute Gasteiger partial charge is 0.347 e. The molecule has 178 valence electrons. The van der Waals surface area contributed by atoms with Gasteiger partial charge in [-0.2, -0.15) is 0 Å². The van der Waals surface area contributed by atoms with E-state index in [0.29, 0.717) is 6.61 Å². The molecule has 0 saturated heterocycles. The number of aryl methyl sites for hydroxylation is 2. The van der Waals surface area contributed by atoms with Gasteiger partial charge >= 0.3 is 0 Å². The standard InChI is InChI=1S/C30H37N2OP/c1-7-8-20-33-34(25-14-10-9-11-15-25,31-27-19-18-23(2)21-24(27)3)22-29-30(4,5)26-16-12-13-17-28(26)32(29)6/h9-19,21-22H,7-8,20H2,1-6H3/b29-22-/t34-/m0/s1. The van der Waals surface area contributed by atoms with Gasteiger partial charge in [0.15, 0.2) is 0 Å². The molecule has 1 aliphatic heterocycles. The number of allylic oxidation sites excluding steroid dienone is 1. The second-order valence-electron chi connectivity index (χ2n) is 9.75. The molecule has 3 aromatic rings. The maximum atomic E-state index is 6.89. The molecule has 1 heterocycles. The van der Waals surface area contributed by atoms with Crippen molar-refractivity contribution in [1.29, 1.82) is 0 Å². The van der Waals surface area contributed by atoms with Crippen LogP contribution in [-0.2, 0) is 9.94 Å². The first-order valence-electron chi connectivity index (χ1n) is 12.2. The van der Waals surface area contributed by atoms with Crippen molar-refractivity contribution in [2.75, 3.05) is 18.6 Å². The fourth-order valence-electron chi connectivity index (χ4n) is 4.76. The number of likely N-dealkylation sites (N-methyl/N-ethyl adjacent to an activating group) is 1. The molecule has 4 rings (SSSR count). The van der Waals surface area contributed by atoms with Gasteiger partial charge in [-0.3, -0.25) is 0 Å². The lowest BCUT2D eigenvalue weighted by atomic mass is 9.84. The predicted octanol–water partition coefficient (Wildman–Crippen LogP) is 8.46. The summed E-state index contributed by atoms with van der Waals surface area (Å²) >= 11 is 0. The Kier molecular flexibility index (Phi) is 7.17. The minimum Gasteiger partial charge on any atom is -0.347 e. The van der Waals surface area contributed by atoms with Gasteiger partial charge in [0, 0.05) is 35.0 Å². The molecule has 0 unspecified atom stereocenters. The zero-order chi connectivity index (χ0) is 24.3. The van der Waals surface area contributed by atoms with Gasteiger partial charge < -0.3 is 9.42 Å². The van der Waals surface area contributed by atoms with Crippen LogP contribution in [0.2, 0.25) is 0 Å². The first-order chi connectivity index (χ1) is 16.3. The normalized spacial score (nSPS) is 17.5. The van der Waals surface area contributed by atoms with Crippen LogP contribution < -0.4 is 10.2 Å². The fraction of sp³-hybridized carbons (Fsp3) is 0.333. The number of anilines is 1. The Balaban J connectivity index is 2.00. The second-order valence-corrected chi connectivity index (χ2v) is 12.2. The molecule has 0 aromatic heterocycles. The summed E-state index contributed by atoms with van der Waals surface area (Å²) in [6, 6.07) is 25.8. The number of nitrogens with zero attached hydrogens (tertiary/aromatic N) is 2. The van der Waals surface area contributed by atoms with Crippen molar-refractivity contribution in [3.8, 4) is 0 Å². The van der Waals surface area contributed by atoms with Crippen molar-refractivity contribution < 1.29 is 4.52 Å². The Morgan fingerprint density at radius 3 is 2.35 bits per heavy atom. The van der Waals surface area contributed by atoms with Crippen LogP contribution >= 0.6 is 7.28 Å². The molecule has 1 atom stereocenters. The van der Waals surface area contributed by atoms with Crippen LogP contribution in [0.5, 0.6) is 0 Å². The molecular weight excluding hydrogens is 435 g/mol. The zero-order valence-corrected chi connectivity index (χ0v) is 22.3. The lowest BCUT2D eigenvalue weighted by Gasteiger charge is -2.29. The van der Waals surface area contributed by atoms with Crippen molar-refractivity contribution in [1.82, 2.24) is 0 Å². The van der Waals surface area contributed by atoms with Gasteiger partial charge in [-0.25, -0.2) is 4.74 Å². The third-order valence-electron chi connectivity index (χ3n) is 6.76. The maximum absolute atomic E-state index is 6.89. The topological polar surface area (TPSA) is 24.8 Å². The Hall–Kier alpha value is -2.61. The maximum Gasteiger partial charge on any atom is 0.143 e. The van der Waals surface area contributed by atoms with E-state index in [1.165, 1.54) is 28.1 Å². The molecule has 0 saturated carbocycles. The van der Waals surface area contributed by atoms with Crippen LogP contribution in [-0.4, -0.2) is 13.7 Å². The van der Waals surface area contributed by atoms with E-state index in [4.69, 9.17) is 9.27 Å². The molecule has 1 aliphatic rings. The van der Waals surface area contributed by atoms with Crippen molar-refractivity contribution in [3.63, 3.8) is 0 Å². The highest BCUT2D eigenvalue weighted by molar-refractivity contribution is 7.72. The average molecular weight is 473 g/mol. The Morgan fingerprint density at radius 2 is 1.68 bits per heavy atom. The van der Waals surface area contributed by atoms with E-state index in [1.54, 1.807) is 0 Å². The molecule has 0 radical (unpaired) electrons. The van der Waals surface area contributed by atoms with Crippen LogP contribution in [0.15, 0.2) is 89.1 Å². The highest BCUT2D eigenvalue weighted by Crippen LogP contribution is 2.58. The number of hydrogen-bond donors (Lipinski definition) is 0. The van der Waals surface area contributed by atoms with Gasteiger partial charge in [0.2, 0.25) is 0 Å². The third kappa shape index (κ3) is 4.65. The van der Waals surface area contributed by atoms with Crippen molar-refractivity contribution in [2.24, 2.45) is 4.74 Å². The van der Waals surface area contributed by atoms with Gasteiger partial charge in [0.25, 0.3) is 0 Å². The second kappa shape index (κ2) is 9.94. The summed E-state index contributed by atoms with van der Waals surface area (Å²) in [4.78, 5) is 2.33. The molecule has 3 nitrogen and oxygen atoms in total. The lowest BCUT2D eigenvalue weighted by Crippen LogP contribution is -2.23. The Bertz CT molecular complexity index is 1240. The van der Waals surface area contributed by atoms with E-state index in [2.05, 4.69) is 125 Å². The van der Waals surface area contributed by atoms with Gasteiger partial charge in [0.1, 0.15) is 7.28 Å². The van der Waals surface area contributed by atoms with E-state index in [-0.39, 0.29) is 5.41 Å². The molecule has 0 spiro atoms. The zero-order valence-electron chi connectivity index (χ0n) is 21.4. The van der Waals surface area contributed by atoms with Crippen LogP contribution in [0.1, 0.15) is 50.3 Å². The van der Waals surface area contributed by atoms with Crippen LogP contribution in [0.4, 0.5) is 11.4 Å². The number of rotatable bonds is 7. The summed E-state index contributed by atoms with van der Waals surface area (Å²) in [7, 11) is -0.347. The van der Waals surface area contributed by atoms with Crippen LogP contribution in [0, 0.1) is 13.8 Å². The Labute approximate surface area is 205 Å². The summed E-state index contributed by atoms with van der Waals surface area (Å²) in [5, 5.41) is 1.15. The Morgan fingerprint density at radius 1 is 0.971 bits per heavy atom. The molecule has 0 aliphatic carbocycles. The number of fused-ring (bicyclic) bond motifs is 1. The average Bonchev–Trinajstić information content (AvgIpc) is 3.02. The number of hydrogen-bond acceptors (Lipinski definition) is 3. The monoisotopic (exact) mass is 472 g/mol. The molecule has 0 N–H and O–H groups in total. The van der Waals surface area contributed by atoms with Gasteiger partial charge in [0.05, 0.1) is 12.3 Å². The van der Waals surface area contributed by atoms with Crippen LogP contribution in [0.3, 0.4) is 0 Å². The molecule has 0 bridgehead atoms. The third-order valence-corrected chi connectivity index (χ3v) is 9.48. The van der Waals surface area contributed by atoms with E-state index < -0.39 is 7.28 Å². The number of benzene rings is 3. The lowest BCUT2D eigenvalue weighted by molar-refractivity contribution is 0.344. The van der Waals surface area contributed by atoms with Crippen molar-refractivity contribution >= 4 is 24.0 Å². The molecule has 3 aromatic carbocycles. The molecule has 0 fully saturated rings. The smallest absolute Gasteiger partial charge is 0.143 e. The van der Waals surface area contributed by atoms with Crippen molar-refractivity contribution in [3.05, 3.63) is 101 Å². The summed E-state index contributed by atoms with van der Waals surface area (Å²) in [6.07, 6.45) is 2.10. The van der Waals surface area contributed by atoms with Crippen LogP contribution in [0.25, 0.3) is 0 Å². The van der Waals surface area contributed by atoms with E-state index >= 15 is 0 Å². The first-order valence-corrected chi connectivity index (χ1v) is 14.0. The minimum atomic E-state index is -2.52. The van der Waals surface area contributed by atoms with Gasteiger partial charge in [-0.1, -0.05) is 93.4 Å². The summed E-state index contributed by atoms with van der Waals surface area (Å²) < 4.78 is 12.4. The van der Waals surface area contributed by atoms with E-state index in [1.807, 2.05) is 0 Å². The molecular formula is C30H37N2OP. The number of para-hydroxylation sites is 1. The quantitative estimate of drug-likeness (QED) is 0.254. The summed E-state index contributed by atoms with van der Waals surface area (Å²) in [6.45, 7) is 11.8. The summed E-state index contributed by atoms with van der Waals surface area (Å²) in [5.41, 5.74) is 7.14. The van der Waals surface area contributed by atoms with Gasteiger partial charge in [-0.15, -0.1) is 0 Å². The fourth-order valence-corrected chi connectivity index (χ4v) is 7.75. The highest BCUT2D eigenvalue weighted by atomic mass is 31.2. The summed E-state index contributed by atoms with van der Waals surface area (Å²) in [5.74, 6) is 2.37. The SMILES string of the molecule is CCCCO[P@](/C=C1\N(C)c2ccccc2C1(C)C)(=Nc1ccc(C)cc1C)c1ccccc1. The number of unbranched alkanes of at least 4 members (excludes halogenated alkanes) is 1. The molecule has 0 amide bonds. The van der Waals surface area contributed by atoms with Gasteiger partial charge in [-0.05, 0) is 43.5 Å². The van der Waals surface area contributed by atoms with E-state index in [9.17, 15) is 0 Å². The predicted molar refractivity (Wildman–Crippen MR) is 148 cm³/mol.